The Balaban J connectivity index is 1.59. The number of hydrogen-bond donors (Lipinski definition) is 1. The molecule has 0 heterocycles. The van der Waals surface area contributed by atoms with Crippen LogP contribution in [0.15, 0.2) is 53.4 Å². The molecular formula is C23H28N2O4S. The van der Waals surface area contributed by atoms with E-state index >= 15 is 0 Å². The first-order chi connectivity index (χ1) is 14.4. The van der Waals surface area contributed by atoms with Gasteiger partial charge in [-0.25, -0.2) is 8.42 Å². The van der Waals surface area contributed by atoms with Crippen molar-refractivity contribution in [1.82, 2.24) is 5.32 Å². The van der Waals surface area contributed by atoms with Crippen LogP contribution in [0, 0.1) is 18.8 Å². The number of carbonyl (C=O) groups is 1. The third-order valence-corrected chi connectivity index (χ3v) is 8.13. The van der Waals surface area contributed by atoms with E-state index in [1.807, 2.05) is 6.92 Å². The summed E-state index contributed by atoms with van der Waals surface area (Å²) in [6, 6.07) is 13.6. The van der Waals surface area contributed by atoms with Gasteiger partial charge >= 0.3 is 0 Å². The lowest BCUT2D eigenvalue weighted by Gasteiger charge is -2.27. The smallest absolute Gasteiger partial charge is 0.264 e. The Morgan fingerprint density at radius 1 is 1.07 bits per heavy atom. The van der Waals surface area contributed by atoms with E-state index in [0.717, 1.165) is 18.4 Å². The lowest BCUT2D eigenvalue weighted by molar-refractivity contribution is -0.120. The van der Waals surface area contributed by atoms with E-state index in [0.29, 0.717) is 23.3 Å². The molecule has 2 fully saturated rings. The molecule has 3 atom stereocenters. The first kappa shape index (κ1) is 20.7. The summed E-state index contributed by atoms with van der Waals surface area (Å²) in [5.41, 5.74) is 1.40. The lowest BCUT2D eigenvalue weighted by Crippen LogP contribution is -2.45. The van der Waals surface area contributed by atoms with Crippen molar-refractivity contribution >= 4 is 21.6 Å². The highest BCUT2D eigenvalue weighted by molar-refractivity contribution is 7.92. The van der Waals surface area contributed by atoms with Crippen molar-refractivity contribution in [3.8, 4) is 5.75 Å². The summed E-state index contributed by atoms with van der Waals surface area (Å²) in [6.07, 6.45) is 4.58. The number of nitrogens with zero attached hydrogens (tertiary/aromatic N) is 1. The van der Waals surface area contributed by atoms with Gasteiger partial charge in [-0.1, -0.05) is 24.1 Å². The monoisotopic (exact) mass is 428 g/mol. The van der Waals surface area contributed by atoms with Crippen LogP contribution in [0.1, 0.15) is 31.2 Å². The maximum absolute atomic E-state index is 13.4. The Hall–Kier alpha value is -2.54. The summed E-state index contributed by atoms with van der Waals surface area (Å²) in [4.78, 5) is 13.0. The van der Waals surface area contributed by atoms with E-state index in [2.05, 4.69) is 5.32 Å². The van der Waals surface area contributed by atoms with Crippen LogP contribution in [0.2, 0.25) is 0 Å². The molecule has 0 aromatic heterocycles. The normalized spacial score (nSPS) is 22.7. The number of amides is 1. The summed E-state index contributed by atoms with van der Waals surface area (Å²) in [5, 5.41) is 3.10. The first-order valence-electron chi connectivity index (χ1n) is 10.4. The second kappa shape index (κ2) is 8.30. The minimum absolute atomic E-state index is 0.163. The molecule has 0 saturated heterocycles. The number of sulfonamides is 1. The number of carbonyl (C=O) groups excluding carboxylic acids is 1. The van der Waals surface area contributed by atoms with Gasteiger partial charge in [0, 0.05) is 6.04 Å². The zero-order valence-corrected chi connectivity index (χ0v) is 18.2. The predicted octanol–water partition coefficient (Wildman–Crippen LogP) is 3.50. The lowest BCUT2D eigenvalue weighted by atomic mass is 9.95. The Labute approximate surface area is 178 Å². The van der Waals surface area contributed by atoms with E-state index in [1.54, 1.807) is 55.6 Å². The number of fused-ring (bicyclic) bond motifs is 2. The Morgan fingerprint density at radius 2 is 1.77 bits per heavy atom. The zero-order chi connectivity index (χ0) is 21.3. The van der Waals surface area contributed by atoms with Crippen LogP contribution in [0.4, 0.5) is 5.69 Å². The van der Waals surface area contributed by atoms with E-state index in [4.69, 9.17) is 4.74 Å². The third-order valence-electron chi connectivity index (χ3n) is 6.34. The van der Waals surface area contributed by atoms with Crippen molar-refractivity contribution in [3.63, 3.8) is 0 Å². The number of hydrogen-bond acceptors (Lipinski definition) is 4. The highest BCUT2D eigenvalue weighted by Gasteiger charge is 2.40. The molecule has 2 bridgehead atoms. The molecule has 160 valence electrons. The van der Waals surface area contributed by atoms with Crippen LogP contribution < -0.4 is 14.4 Å². The van der Waals surface area contributed by atoms with Crippen molar-refractivity contribution < 1.29 is 17.9 Å². The van der Waals surface area contributed by atoms with Gasteiger partial charge in [0.05, 0.1) is 17.7 Å². The van der Waals surface area contributed by atoms with Crippen LogP contribution in [0.25, 0.3) is 0 Å². The van der Waals surface area contributed by atoms with Crippen molar-refractivity contribution in [2.45, 2.75) is 43.5 Å². The Bertz CT molecular complexity index is 1000. The molecular weight excluding hydrogens is 400 g/mol. The van der Waals surface area contributed by atoms with Crippen molar-refractivity contribution in [1.29, 1.82) is 0 Å². The molecule has 30 heavy (non-hydrogen) atoms. The Morgan fingerprint density at radius 3 is 2.33 bits per heavy atom. The van der Waals surface area contributed by atoms with Gasteiger partial charge in [0.25, 0.3) is 10.0 Å². The number of benzene rings is 2. The third kappa shape index (κ3) is 4.17. The molecule has 2 aliphatic rings. The molecule has 7 heteroatoms. The van der Waals surface area contributed by atoms with E-state index in [1.165, 1.54) is 17.1 Å². The summed E-state index contributed by atoms with van der Waals surface area (Å²) >= 11 is 0. The molecule has 4 rings (SSSR count). The fourth-order valence-corrected chi connectivity index (χ4v) is 6.13. The number of nitrogens with one attached hydrogen (secondary N) is 1. The van der Waals surface area contributed by atoms with Gasteiger partial charge in [-0.05, 0) is 74.4 Å². The minimum Gasteiger partial charge on any atom is -0.497 e. The largest absolute Gasteiger partial charge is 0.497 e. The fourth-order valence-electron chi connectivity index (χ4n) is 4.71. The molecule has 2 aromatic rings. The summed E-state index contributed by atoms with van der Waals surface area (Å²) in [5.74, 6) is 1.59. The van der Waals surface area contributed by atoms with Crippen LogP contribution >= 0.6 is 0 Å². The van der Waals surface area contributed by atoms with Crippen molar-refractivity contribution in [2.75, 3.05) is 18.0 Å². The maximum atomic E-state index is 13.4. The summed E-state index contributed by atoms with van der Waals surface area (Å²) < 4.78 is 33.2. The molecule has 1 N–H and O–H groups in total. The SMILES string of the molecule is COc1ccc(N(CC(=O)N[C@@H]2C[C@H]3CC[C@H]2C3)S(=O)(=O)c2ccc(C)cc2)cc1. The molecule has 0 radical (unpaired) electrons. The second-order valence-electron chi connectivity index (χ2n) is 8.37. The molecule has 2 saturated carbocycles. The topological polar surface area (TPSA) is 75.7 Å². The van der Waals surface area contributed by atoms with Crippen molar-refractivity contribution in [2.24, 2.45) is 11.8 Å². The molecule has 0 aliphatic heterocycles. The molecule has 0 spiro atoms. The summed E-state index contributed by atoms with van der Waals surface area (Å²) in [6.45, 7) is 1.65. The first-order valence-corrected chi connectivity index (χ1v) is 11.8. The number of methoxy groups -OCH3 is 1. The molecule has 2 aliphatic carbocycles. The van der Waals surface area contributed by atoms with E-state index in [-0.39, 0.29) is 23.4 Å². The second-order valence-corrected chi connectivity index (χ2v) is 10.2. The highest BCUT2D eigenvalue weighted by atomic mass is 32.2. The molecule has 0 unspecified atom stereocenters. The van der Waals surface area contributed by atoms with Gasteiger partial charge in [-0.2, -0.15) is 0 Å². The van der Waals surface area contributed by atoms with E-state index < -0.39 is 10.0 Å². The molecule has 6 nitrogen and oxygen atoms in total. The van der Waals surface area contributed by atoms with Gasteiger partial charge in [-0.3, -0.25) is 9.10 Å². The van der Waals surface area contributed by atoms with E-state index in [9.17, 15) is 13.2 Å². The average Bonchev–Trinajstić information content (AvgIpc) is 3.35. The number of aryl methyl sites for hydroxylation is 1. The van der Waals surface area contributed by atoms with Crippen LogP contribution in [0.5, 0.6) is 5.75 Å². The minimum atomic E-state index is -3.90. The van der Waals surface area contributed by atoms with Gasteiger partial charge in [0.15, 0.2) is 0 Å². The summed E-state index contributed by atoms with van der Waals surface area (Å²) in [7, 11) is -2.34. The number of ether oxygens (including phenoxy) is 1. The molecule has 2 aromatic carbocycles. The average molecular weight is 429 g/mol. The quantitative estimate of drug-likeness (QED) is 0.732. The predicted molar refractivity (Wildman–Crippen MR) is 116 cm³/mol. The van der Waals surface area contributed by atoms with Gasteiger partial charge < -0.3 is 10.1 Å². The van der Waals surface area contributed by atoms with Crippen LogP contribution in [-0.4, -0.2) is 34.0 Å². The standard InChI is InChI=1S/C23H28N2O4S/c1-16-3-11-21(12-4-16)30(27,28)25(19-7-9-20(29-2)10-8-19)15-23(26)24-22-14-17-5-6-18(22)13-17/h3-4,7-12,17-18,22H,5-6,13-15H2,1-2H3,(H,24,26)/t17-,18-,22+/m0/s1. The van der Waals surface area contributed by atoms with Crippen molar-refractivity contribution in [3.05, 3.63) is 54.1 Å². The van der Waals surface area contributed by atoms with Gasteiger partial charge in [0.2, 0.25) is 5.91 Å². The number of anilines is 1. The maximum Gasteiger partial charge on any atom is 0.264 e. The van der Waals surface area contributed by atoms with Crippen LogP contribution in [-0.2, 0) is 14.8 Å². The van der Waals surface area contributed by atoms with Gasteiger partial charge in [0.1, 0.15) is 12.3 Å². The van der Waals surface area contributed by atoms with Gasteiger partial charge in [-0.15, -0.1) is 0 Å². The zero-order valence-electron chi connectivity index (χ0n) is 17.4. The highest BCUT2D eigenvalue weighted by Crippen LogP contribution is 2.44. The van der Waals surface area contributed by atoms with Crippen LogP contribution in [0.3, 0.4) is 0 Å². The Kier molecular flexibility index (Phi) is 5.73. The fraction of sp³-hybridized carbons (Fsp3) is 0.435. The number of rotatable bonds is 7. The molecule has 1 amide bonds.